The van der Waals surface area contributed by atoms with E-state index in [0.29, 0.717) is 5.69 Å². The summed E-state index contributed by atoms with van der Waals surface area (Å²) >= 11 is 5.91. The third kappa shape index (κ3) is 4.19. The van der Waals surface area contributed by atoms with E-state index in [9.17, 15) is 4.39 Å². The Morgan fingerprint density at radius 1 is 1.14 bits per heavy atom. The van der Waals surface area contributed by atoms with Gasteiger partial charge in [0, 0.05) is 24.7 Å². The first kappa shape index (κ1) is 15.8. The van der Waals surface area contributed by atoms with E-state index in [-0.39, 0.29) is 11.9 Å². The van der Waals surface area contributed by atoms with Crippen LogP contribution in [0.5, 0.6) is 0 Å². The highest BCUT2D eigenvalue weighted by molar-refractivity contribution is 6.30. The summed E-state index contributed by atoms with van der Waals surface area (Å²) < 4.78 is 13.7. The molecule has 0 aromatic heterocycles. The molecule has 0 saturated heterocycles. The molecule has 2 aromatic carbocycles. The maximum Gasteiger partial charge on any atom is 0.146 e. The van der Waals surface area contributed by atoms with E-state index < -0.39 is 0 Å². The number of hydrogen-bond acceptors (Lipinski definition) is 2. The predicted octanol–water partition coefficient (Wildman–Crippen LogP) is 4.27. The first-order valence-corrected chi connectivity index (χ1v) is 7.38. The number of nitrogens with zero attached hydrogens (tertiary/aromatic N) is 1. The van der Waals surface area contributed by atoms with Crippen molar-refractivity contribution < 1.29 is 4.39 Å². The maximum atomic E-state index is 13.7. The fourth-order valence-corrected chi connectivity index (χ4v) is 2.50. The van der Waals surface area contributed by atoms with Gasteiger partial charge in [0.05, 0.1) is 5.69 Å². The van der Waals surface area contributed by atoms with Gasteiger partial charge in [0.25, 0.3) is 0 Å². The minimum atomic E-state index is -0.187. The minimum Gasteiger partial charge on any atom is -0.372 e. The van der Waals surface area contributed by atoms with Gasteiger partial charge in [-0.15, -0.1) is 0 Å². The van der Waals surface area contributed by atoms with E-state index in [1.54, 1.807) is 12.1 Å². The van der Waals surface area contributed by atoms with Gasteiger partial charge in [-0.2, -0.15) is 0 Å². The van der Waals surface area contributed by atoms with Crippen molar-refractivity contribution in [1.29, 1.82) is 0 Å². The molecule has 0 heterocycles. The second kappa shape index (κ2) is 7.43. The van der Waals surface area contributed by atoms with Crippen LogP contribution in [0.4, 0.5) is 10.1 Å². The molecule has 2 rings (SSSR count). The molecule has 2 nitrogen and oxygen atoms in total. The SMILES string of the molecule is CNC(CCN(C)c1ccccc1F)c1ccc(Cl)cc1. The second-order valence-corrected chi connectivity index (χ2v) is 5.49. The summed E-state index contributed by atoms with van der Waals surface area (Å²) in [6.45, 7) is 0.759. The van der Waals surface area contributed by atoms with Crippen LogP contribution >= 0.6 is 11.6 Å². The first-order chi connectivity index (χ1) is 10.1. The average molecular weight is 307 g/mol. The van der Waals surface area contributed by atoms with Crippen LogP contribution in [0.15, 0.2) is 48.5 Å². The van der Waals surface area contributed by atoms with Gasteiger partial charge in [-0.05, 0) is 43.3 Å². The molecule has 112 valence electrons. The number of anilines is 1. The lowest BCUT2D eigenvalue weighted by atomic mass is 10.0. The molecule has 4 heteroatoms. The number of para-hydroxylation sites is 1. The predicted molar refractivity (Wildman–Crippen MR) is 87.5 cm³/mol. The molecule has 1 atom stereocenters. The van der Waals surface area contributed by atoms with E-state index in [4.69, 9.17) is 11.6 Å². The summed E-state index contributed by atoms with van der Waals surface area (Å²) in [7, 11) is 3.84. The van der Waals surface area contributed by atoms with Gasteiger partial charge in [0.2, 0.25) is 0 Å². The summed E-state index contributed by atoms with van der Waals surface area (Å²) in [5.41, 5.74) is 1.81. The highest BCUT2D eigenvalue weighted by atomic mass is 35.5. The van der Waals surface area contributed by atoms with E-state index in [1.165, 1.54) is 11.6 Å². The highest BCUT2D eigenvalue weighted by Crippen LogP contribution is 2.22. The van der Waals surface area contributed by atoms with Gasteiger partial charge in [0.1, 0.15) is 5.82 Å². The molecule has 21 heavy (non-hydrogen) atoms. The van der Waals surface area contributed by atoms with Crippen LogP contribution in [0, 0.1) is 5.82 Å². The lowest BCUT2D eigenvalue weighted by molar-refractivity contribution is 0.545. The fourth-order valence-electron chi connectivity index (χ4n) is 2.38. The number of hydrogen-bond donors (Lipinski definition) is 1. The molecule has 0 aliphatic rings. The molecule has 0 amide bonds. The van der Waals surface area contributed by atoms with Crippen LogP contribution in [0.3, 0.4) is 0 Å². The van der Waals surface area contributed by atoms with Crippen molar-refractivity contribution in [2.45, 2.75) is 12.5 Å². The zero-order valence-electron chi connectivity index (χ0n) is 12.3. The minimum absolute atomic E-state index is 0.187. The number of benzene rings is 2. The normalized spacial score (nSPS) is 12.2. The summed E-state index contributed by atoms with van der Waals surface area (Å²) in [4.78, 5) is 1.94. The molecule has 0 saturated carbocycles. The Morgan fingerprint density at radius 3 is 2.43 bits per heavy atom. The average Bonchev–Trinajstić information content (AvgIpc) is 2.49. The Morgan fingerprint density at radius 2 is 1.81 bits per heavy atom. The fraction of sp³-hybridized carbons (Fsp3) is 0.294. The zero-order valence-corrected chi connectivity index (χ0v) is 13.1. The number of nitrogens with one attached hydrogen (secondary N) is 1. The highest BCUT2D eigenvalue weighted by Gasteiger charge is 2.12. The van der Waals surface area contributed by atoms with E-state index in [2.05, 4.69) is 5.32 Å². The summed E-state index contributed by atoms with van der Waals surface area (Å²) in [6.07, 6.45) is 0.878. The summed E-state index contributed by atoms with van der Waals surface area (Å²) in [6, 6.07) is 14.9. The Labute approximate surface area is 130 Å². The molecule has 0 aliphatic carbocycles. The molecule has 0 spiro atoms. The van der Waals surface area contributed by atoms with E-state index in [1.807, 2.05) is 49.3 Å². The summed E-state index contributed by atoms with van der Waals surface area (Å²) in [5, 5.41) is 4.03. The topological polar surface area (TPSA) is 15.3 Å². The van der Waals surface area contributed by atoms with Crippen molar-refractivity contribution in [2.24, 2.45) is 0 Å². The van der Waals surface area contributed by atoms with Gasteiger partial charge in [-0.1, -0.05) is 35.9 Å². The molecule has 0 bridgehead atoms. The lowest BCUT2D eigenvalue weighted by Gasteiger charge is -2.24. The van der Waals surface area contributed by atoms with Gasteiger partial charge in [0.15, 0.2) is 0 Å². The van der Waals surface area contributed by atoms with Crippen molar-refractivity contribution in [1.82, 2.24) is 5.32 Å². The third-order valence-corrected chi connectivity index (χ3v) is 3.89. The molecule has 1 unspecified atom stereocenters. The van der Waals surface area contributed by atoms with Crippen LogP contribution < -0.4 is 10.2 Å². The standard InChI is InChI=1S/C17H20ClFN2/c1-20-16(13-7-9-14(18)10-8-13)11-12-21(2)17-6-4-3-5-15(17)19/h3-10,16,20H,11-12H2,1-2H3. The molecule has 1 N–H and O–H groups in total. The first-order valence-electron chi connectivity index (χ1n) is 7.00. The Balaban J connectivity index is 2.00. The van der Waals surface area contributed by atoms with E-state index >= 15 is 0 Å². The quantitative estimate of drug-likeness (QED) is 0.857. The van der Waals surface area contributed by atoms with Crippen LogP contribution in [0.2, 0.25) is 5.02 Å². The second-order valence-electron chi connectivity index (χ2n) is 5.05. The lowest BCUT2D eigenvalue weighted by Crippen LogP contribution is -2.25. The Kier molecular flexibility index (Phi) is 5.59. The Bertz CT molecular complexity index is 571. The molecular formula is C17H20ClFN2. The van der Waals surface area contributed by atoms with Crippen LogP contribution in [0.25, 0.3) is 0 Å². The zero-order chi connectivity index (χ0) is 15.2. The smallest absolute Gasteiger partial charge is 0.146 e. The largest absolute Gasteiger partial charge is 0.372 e. The molecule has 0 fully saturated rings. The van der Waals surface area contributed by atoms with Gasteiger partial charge in [-0.25, -0.2) is 4.39 Å². The molecule has 0 radical (unpaired) electrons. The number of rotatable bonds is 6. The van der Waals surface area contributed by atoms with Crippen molar-refractivity contribution in [2.75, 3.05) is 25.5 Å². The van der Waals surface area contributed by atoms with Gasteiger partial charge >= 0.3 is 0 Å². The van der Waals surface area contributed by atoms with E-state index in [0.717, 1.165) is 18.0 Å². The molecule has 2 aromatic rings. The molecule has 0 aliphatic heterocycles. The maximum absolute atomic E-state index is 13.7. The van der Waals surface area contributed by atoms with Crippen molar-refractivity contribution in [3.63, 3.8) is 0 Å². The van der Waals surface area contributed by atoms with Crippen LogP contribution in [-0.2, 0) is 0 Å². The summed E-state index contributed by atoms with van der Waals surface area (Å²) in [5.74, 6) is -0.187. The van der Waals surface area contributed by atoms with Gasteiger partial charge < -0.3 is 10.2 Å². The van der Waals surface area contributed by atoms with Crippen molar-refractivity contribution in [3.8, 4) is 0 Å². The monoisotopic (exact) mass is 306 g/mol. The molecular weight excluding hydrogens is 287 g/mol. The van der Waals surface area contributed by atoms with Crippen molar-refractivity contribution >= 4 is 17.3 Å². The van der Waals surface area contributed by atoms with Crippen molar-refractivity contribution in [3.05, 3.63) is 64.9 Å². The van der Waals surface area contributed by atoms with Crippen LogP contribution in [-0.4, -0.2) is 20.6 Å². The number of halogens is 2. The Hall–Kier alpha value is -1.58. The van der Waals surface area contributed by atoms with Gasteiger partial charge in [-0.3, -0.25) is 0 Å². The van der Waals surface area contributed by atoms with Crippen LogP contribution in [0.1, 0.15) is 18.0 Å². The third-order valence-electron chi connectivity index (χ3n) is 3.64.